The van der Waals surface area contributed by atoms with Gasteiger partial charge in [-0.05, 0) is 39.4 Å². The topological polar surface area (TPSA) is 79.5 Å². The van der Waals surface area contributed by atoms with Crippen molar-refractivity contribution in [3.05, 3.63) is 29.8 Å². The van der Waals surface area contributed by atoms with Crippen molar-refractivity contribution < 1.29 is 14.3 Å². The summed E-state index contributed by atoms with van der Waals surface area (Å²) in [6, 6.07) is 7.38. The van der Waals surface area contributed by atoms with Crippen LogP contribution in [-0.4, -0.2) is 44.6 Å². The maximum Gasteiger partial charge on any atom is 0.255 e. The van der Waals surface area contributed by atoms with Crippen LogP contribution in [0, 0.1) is 0 Å². The second-order valence-corrected chi connectivity index (χ2v) is 5.28. The highest BCUT2D eigenvalue weighted by Crippen LogP contribution is 2.17. The number of carbonyl (C=O) groups is 2. The third-order valence-electron chi connectivity index (χ3n) is 3.40. The van der Waals surface area contributed by atoms with E-state index in [9.17, 15) is 9.59 Å². The molecule has 0 aliphatic rings. The predicted octanol–water partition coefficient (Wildman–Crippen LogP) is 1.32. The molecule has 0 spiro atoms. The molecule has 1 aromatic rings. The van der Waals surface area contributed by atoms with Gasteiger partial charge in [-0.25, -0.2) is 0 Å². The average Bonchev–Trinajstić information content (AvgIpc) is 2.57. The van der Waals surface area contributed by atoms with Crippen molar-refractivity contribution in [1.29, 1.82) is 0 Å². The molecule has 3 N–H and O–H groups in total. The van der Waals surface area contributed by atoms with Gasteiger partial charge in [-0.15, -0.1) is 0 Å². The van der Waals surface area contributed by atoms with E-state index in [2.05, 4.69) is 16.0 Å². The van der Waals surface area contributed by atoms with Crippen molar-refractivity contribution in [3.63, 3.8) is 0 Å². The summed E-state index contributed by atoms with van der Waals surface area (Å²) in [6.07, 6.45) is 0.992. The minimum atomic E-state index is -0.182. The molecule has 0 aliphatic heterocycles. The monoisotopic (exact) mass is 321 g/mol. The first-order chi connectivity index (χ1) is 11.1. The number of benzene rings is 1. The molecule has 0 saturated carbocycles. The maximum atomic E-state index is 12.1. The fourth-order valence-corrected chi connectivity index (χ4v) is 1.94. The molecule has 6 heteroatoms. The number of hydrogen-bond donors (Lipinski definition) is 3. The second kappa shape index (κ2) is 10.6. The van der Waals surface area contributed by atoms with Crippen molar-refractivity contribution in [3.8, 4) is 5.75 Å². The highest BCUT2D eigenvalue weighted by molar-refractivity contribution is 5.96. The van der Waals surface area contributed by atoms with Crippen LogP contribution in [0.5, 0.6) is 5.75 Å². The molecule has 0 aromatic heterocycles. The number of carbonyl (C=O) groups excluding carboxylic acids is 2. The van der Waals surface area contributed by atoms with Crippen LogP contribution >= 0.6 is 0 Å². The number of likely N-dealkylation sites (N-methyl/N-ethyl adjacent to an activating group) is 1. The Morgan fingerprint density at radius 1 is 1.22 bits per heavy atom. The standard InChI is InChI=1S/C17H27N3O3/c1-4-23-15-9-6-5-8-14(15)17(22)19-11-7-10-16(21)20-12-13(2)18-3/h5-6,8-9,13,18H,4,7,10-12H2,1-3H3,(H,19,22)(H,20,21). The molecule has 23 heavy (non-hydrogen) atoms. The first-order valence-electron chi connectivity index (χ1n) is 8.02. The molecule has 1 atom stereocenters. The van der Waals surface area contributed by atoms with Crippen molar-refractivity contribution >= 4 is 11.8 Å². The van der Waals surface area contributed by atoms with E-state index < -0.39 is 0 Å². The molecular formula is C17H27N3O3. The lowest BCUT2D eigenvalue weighted by Gasteiger charge is -2.12. The molecule has 0 aliphatic carbocycles. The molecule has 0 bridgehead atoms. The van der Waals surface area contributed by atoms with E-state index in [0.29, 0.717) is 43.9 Å². The Morgan fingerprint density at radius 2 is 1.96 bits per heavy atom. The van der Waals surface area contributed by atoms with Gasteiger partial charge in [-0.1, -0.05) is 12.1 Å². The van der Waals surface area contributed by atoms with E-state index in [4.69, 9.17) is 4.74 Å². The average molecular weight is 321 g/mol. The van der Waals surface area contributed by atoms with E-state index in [1.165, 1.54) is 0 Å². The number of amides is 2. The van der Waals surface area contributed by atoms with Crippen molar-refractivity contribution in [2.75, 3.05) is 26.7 Å². The maximum absolute atomic E-state index is 12.1. The van der Waals surface area contributed by atoms with Crippen LogP contribution in [0.15, 0.2) is 24.3 Å². The van der Waals surface area contributed by atoms with Gasteiger partial charge in [0.05, 0.1) is 12.2 Å². The van der Waals surface area contributed by atoms with Gasteiger partial charge in [0.2, 0.25) is 5.91 Å². The number of hydrogen-bond acceptors (Lipinski definition) is 4. The molecular weight excluding hydrogens is 294 g/mol. The van der Waals surface area contributed by atoms with Crippen LogP contribution in [0.25, 0.3) is 0 Å². The molecule has 0 heterocycles. The number of para-hydroxylation sites is 1. The van der Waals surface area contributed by atoms with Crippen LogP contribution in [0.3, 0.4) is 0 Å². The summed E-state index contributed by atoms with van der Waals surface area (Å²) in [4.78, 5) is 23.8. The summed E-state index contributed by atoms with van der Waals surface area (Å²) in [5.41, 5.74) is 0.515. The van der Waals surface area contributed by atoms with Gasteiger partial charge < -0.3 is 20.7 Å². The van der Waals surface area contributed by atoms with E-state index in [1.54, 1.807) is 18.2 Å². The minimum absolute atomic E-state index is 0.00364. The van der Waals surface area contributed by atoms with Crippen molar-refractivity contribution in [2.24, 2.45) is 0 Å². The second-order valence-electron chi connectivity index (χ2n) is 5.28. The van der Waals surface area contributed by atoms with Gasteiger partial charge in [0.15, 0.2) is 0 Å². The quantitative estimate of drug-likeness (QED) is 0.568. The summed E-state index contributed by atoms with van der Waals surface area (Å²) in [5.74, 6) is 0.389. The van der Waals surface area contributed by atoms with E-state index >= 15 is 0 Å². The summed E-state index contributed by atoms with van der Waals surface area (Å²) in [6.45, 7) is 5.44. The predicted molar refractivity (Wildman–Crippen MR) is 90.7 cm³/mol. The zero-order chi connectivity index (χ0) is 17.1. The van der Waals surface area contributed by atoms with Crippen molar-refractivity contribution in [2.45, 2.75) is 32.7 Å². The van der Waals surface area contributed by atoms with Gasteiger partial charge in [0.1, 0.15) is 5.75 Å². The molecule has 0 radical (unpaired) electrons. The number of rotatable bonds is 10. The van der Waals surface area contributed by atoms with Crippen molar-refractivity contribution in [1.82, 2.24) is 16.0 Å². The SMILES string of the molecule is CCOc1ccccc1C(=O)NCCCC(=O)NCC(C)NC. The van der Waals surface area contributed by atoms with Crippen LogP contribution in [0.1, 0.15) is 37.0 Å². The zero-order valence-electron chi connectivity index (χ0n) is 14.1. The minimum Gasteiger partial charge on any atom is -0.493 e. The highest BCUT2D eigenvalue weighted by atomic mass is 16.5. The summed E-state index contributed by atoms with van der Waals surface area (Å²) in [7, 11) is 1.85. The Labute approximate surface area is 138 Å². The number of ether oxygens (including phenoxy) is 1. The number of nitrogens with one attached hydrogen (secondary N) is 3. The normalized spacial score (nSPS) is 11.6. The smallest absolute Gasteiger partial charge is 0.255 e. The molecule has 0 saturated heterocycles. The Bertz CT molecular complexity index is 506. The third kappa shape index (κ3) is 7.15. The van der Waals surface area contributed by atoms with Gasteiger partial charge in [0, 0.05) is 25.6 Å². The Kier molecular flexibility index (Phi) is 8.75. The fourth-order valence-electron chi connectivity index (χ4n) is 1.94. The summed E-state index contributed by atoms with van der Waals surface area (Å²) < 4.78 is 5.44. The van der Waals surface area contributed by atoms with Gasteiger partial charge in [0.25, 0.3) is 5.91 Å². The van der Waals surface area contributed by atoms with Gasteiger partial charge in [-0.2, -0.15) is 0 Å². The Balaban J connectivity index is 2.30. The summed E-state index contributed by atoms with van der Waals surface area (Å²) >= 11 is 0. The lowest BCUT2D eigenvalue weighted by molar-refractivity contribution is -0.121. The third-order valence-corrected chi connectivity index (χ3v) is 3.40. The van der Waals surface area contributed by atoms with Crippen LogP contribution < -0.4 is 20.7 Å². The van der Waals surface area contributed by atoms with Crippen LogP contribution in [0.2, 0.25) is 0 Å². The zero-order valence-corrected chi connectivity index (χ0v) is 14.1. The van der Waals surface area contributed by atoms with Gasteiger partial charge >= 0.3 is 0 Å². The highest BCUT2D eigenvalue weighted by Gasteiger charge is 2.11. The lowest BCUT2D eigenvalue weighted by atomic mass is 10.2. The largest absolute Gasteiger partial charge is 0.493 e. The fraction of sp³-hybridized carbons (Fsp3) is 0.529. The molecule has 1 rings (SSSR count). The Hall–Kier alpha value is -2.08. The van der Waals surface area contributed by atoms with Crippen LogP contribution in [0.4, 0.5) is 0 Å². The molecule has 1 aromatic carbocycles. The molecule has 1 unspecified atom stereocenters. The first-order valence-corrected chi connectivity index (χ1v) is 8.02. The van der Waals surface area contributed by atoms with E-state index in [0.717, 1.165) is 0 Å². The molecule has 128 valence electrons. The Morgan fingerprint density at radius 3 is 2.65 bits per heavy atom. The van der Waals surface area contributed by atoms with Gasteiger partial charge in [-0.3, -0.25) is 9.59 Å². The van der Waals surface area contributed by atoms with Crippen LogP contribution in [-0.2, 0) is 4.79 Å². The summed E-state index contributed by atoms with van der Waals surface area (Å²) in [5, 5.41) is 8.72. The molecule has 6 nitrogen and oxygen atoms in total. The van der Waals surface area contributed by atoms with E-state index in [-0.39, 0.29) is 17.9 Å². The molecule has 0 fully saturated rings. The first kappa shape index (κ1) is 19.0. The van der Waals surface area contributed by atoms with E-state index in [1.807, 2.05) is 27.0 Å². The lowest BCUT2D eigenvalue weighted by Crippen LogP contribution is -2.37. The molecule has 2 amide bonds.